The Hall–Kier alpha value is -0.700. The molecule has 0 unspecified atom stereocenters. The van der Waals surface area contributed by atoms with Crippen LogP contribution in [-0.2, 0) is 9.59 Å². The predicted molar refractivity (Wildman–Crippen MR) is 161 cm³/mol. The number of unbranched alkanes of at least 4 members (excludes halogenated alkanes) is 24. The van der Waals surface area contributed by atoms with Crippen LogP contribution in [0, 0.1) is 5.92 Å². The first-order valence-electron chi connectivity index (χ1n) is 16.8. The maximum absolute atomic E-state index is 12.5. The van der Waals surface area contributed by atoms with Crippen LogP contribution in [0.2, 0.25) is 0 Å². The number of rotatable bonds is 31. The molecule has 0 fully saturated rings. The van der Waals surface area contributed by atoms with Gasteiger partial charge in [0.05, 0.1) is 12.5 Å². The molecule has 0 rings (SSSR count). The van der Waals surface area contributed by atoms with Gasteiger partial charge in [0.2, 0.25) is 0 Å². The molecule has 0 aromatic heterocycles. The number of carbonyl (C=O) groups excluding carboxylic acids is 2. The molecule has 0 bridgehead atoms. The molecule has 0 aromatic rings. The van der Waals surface area contributed by atoms with E-state index in [1.54, 1.807) is 0 Å². The lowest BCUT2D eigenvalue weighted by Gasteiger charge is -2.12. The number of hydrogen-bond donors (Lipinski definition) is 1. The second-order valence-electron chi connectivity index (χ2n) is 11.7. The Morgan fingerprint density at radius 3 is 0.838 bits per heavy atom. The summed E-state index contributed by atoms with van der Waals surface area (Å²) < 4.78 is 0. The standard InChI is InChI=1S/C34H66O3/c1-3-5-7-9-11-13-15-17-19-21-23-25-27-29-33(36)32(31-35)34(37)30-28-26-24-22-20-18-16-14-12-10-8-6-4-2/h32,35H,3-31H2,1-2H3. The van der Waals surface area contributed by atoms with Crippen molar-refractivity contribution in [3.63, 3.8) is 0 Å². The second kappa shape index (κ2) is 29.9. The Labute approximate surface area is 232 Å². The average molecular weight is 523 g/mol. The summed E-state index contributed by atoms with van der Waals surface area (Å²) in [5, 5.41) is 9.63. The van der Waals surface area contributed by atoms with E-state index in [1.807, 2.05) is 0 Å². The van der Waals surface area contributed by atoms with Crippen LogP contribution in [0.5, 0.6) is 0 Å². The molecule has 3 heteroatoms. The van der Waals surface area contributed by atoms with E-state index >= 15 is 0 Å². The Bertz CT molecular complexity index is 445. The summed E-state index contributed by atoms with van der Waals surface area (Å²) >= 11 is 0. The summed E-state index contributed by atoms with van der Waals surface area (Å²) in [7, 11) is 0. The van der Waals surface area contributed by atoms with Gasteiger partial charge in [0.15, 0.2) is 0 Å². The molecule has 0 radical (unpaired) electrons. The molecule has 0 aliphatic carbocycles. The largest absolute Gasteiger partial charge is 0.395 e. The van der Waals surface area contributed by atoms with Crippen molar-refractivity contribution in [2.45, 2.75) is 194 Å². The zero-order chi connectivity index (χ0) is 27.2. The minimum absolute atomic E-state index is 0.0368. The highest BCUT2D eigenvalue weighted by atomic mass is 16.3. The van der Waals surface area contributed by atoms with Crippen molar-refractivity contribution in [1.29, 1.82) is 0 Å². The molecule has 0 aromatic carbocycles. The molecule has 37 heavy (non-hydrogen) atoms. The lowest BCUT2D eigenvalue weighted by atomic mass is 9.92. The number of aliphatic hydroxyl groups excluding tert-OH is 1. The van der Waals surface area contributed by atoms with Crippen molar-refractivity contribution in [2.75, 3.05) is 6.61 Å². The lowest BCUT2D eigenvalue weighted by Crippen LogP contribution is -2.27. The Balaban J connectivity index is 3.57. The van der Waals surface area contributed by atoms with Crippen molar-refractivity contribution >= 4 is 11.6 Å². The van der Waals surface area contributed by atoms with Gasteiger partial charge in [-0.25, -0.2) is 0 Å². The summed E-state index contributed by atoms with van der Waals surface area (Å²) in [5.74, 6) is -0.842. The molecule has 0 saturated heterocycles. The van der Waals surface area contributed by atoms with Crippen molar-refractivity contribution in [3.05, 3.63) is 0 Å². The summed E-state index contributed by atoms with van der Waals surface area (Å²) in [6.45, 7) is 4.22. The van der Waals surface area contributed by atoms with Crippen LogP contribution in [-0.4, -0.2) is 23.3 Å². The van der Waals surface area contributed by atoms with E-state index in [2.05, 4.69) is 13.8 Å². The third kappa shape index (κ3) is 25.3. The van der Waals surface area contributed by atoms with Gasteiger partial charge in [-0.1, -0.05) is 168 Å². The van der Waals surface area contributed by atoms with Crippen molar-refractivity contribution in [2.24, 2.45) is 5.92 Å². The molecule has 220 valence electrons. The normalized spacial score (nSPS) is 11.5. The highest BCUT2D eigenvalue weighted by Crippen LogP contribution is 2.17. The fourth-order valence-electron chi connectivity index (χ4n) is 5.37. The molecule has 0 amide bonds. The maximum Gasteiger partial charge on any atom is 0.145 e. The highest BCUT2D eigenvalue weighted by molar-refractivity contribution is 6.02. The molecule has 3 nitrogen and oxygen atoms in total. The van der Waals surface area contributed by atoms with Gasteiger partial charge in [-0.05, 0) is 12.8 Å². The van der Waals surface area contributed by atoms with E-state index in [0.29, 0.717) is 12.8 Å². The van der Waals surface area contributed by atoms with E-state index in [0.717, 1.165) is 25.7 Å². The van der Waals surface area contributed by atoms with E-state index in [9.17, 15) is 14.7 Å². The predicted octanol–water partition coefficient (Wildman–Crippen LogP) is 10.7. The van der Waals surface area contributed by atoms with Crippen LogP contribution in [0.15, 0.2) is 0 Å². The number of carbonyl (C=O) groups is 2. The SMILES string of the molecule is CCCCCCCCCCCCCCCC(=O)C(CO)C(=O)CCCCCCCCCCCCCCC. The molecule has 0 saturated carbocycles. The number of ketones is 2. The first-order chi connectivity index (χ1) is 18.2. The molecule has 0 atom stereocenters. The van der Waals surface area contributed by atoms with Crippen LogP contribution in [0.3, 0.4) is 0 Å². The van der Waals surface area contributed by atoms with Crippen molar-refractivity contribution < 1.29 is 14.7 Å². The topological polar surface area (TPSA) is 54.4 Å². The first-order valence-corrected chi connectivity index (χ1v) is 16.8. The van der Waals surface area contributed by atoms with Crippen LogP contribution < -0.4 is 0 Å². The summed E-state index contributed by atoms with van der Waals surface area (Å²) in [4.78, 5) is 24.9. The summed E-state index contributed by atoms with van der Waals surface area (Å²) in [6, 6.07) is 0. The van der Waals surface area contributed by atoms with Gasteiger partial charge in [0.25, 0.3) is 0 Å². The molecule has 0 aliphatic rings. The molecule has 0 heterocycles. The van der Waals surface area contributed by atoms with Crippen LogP contribution in [0.25, 0.3) is 0 Å². The first kappa shape index (κ1) is 36.3. The van der Waals surface area contributed by atoms with Gasteiger partial charge >= 0.3 is 0 Å². The molecule has 1 N–H and O–H groups in total. The smallest absolute Gasteiger partial charge is 0.145 e. The van der Waals surface area contributed by atoms with E-state index in [4.69, 9.17) is 0 Å². The van der Waals surface area contributed by atoms with Crippen LogP contribution in [0.1, 0.15) is 194 Å². The third-order valence-corrected chi connectivity index (χ3v) is 8.01. The highest BCUT2D eigenvalue weighted by Gasteiger charge is 2.24. The molecule has 0 aliphatic heterocycles. The van der Waals surface area contributed by atoms with Gasteiger partial charge in [0, 0.05) is 12.8 Å². The quantitative estimate of drug-likeness (QED) is 0.0727. The summed E-state index contributed by atoms with van der Waals surface area (Å²) in [5.41, 5.74) is 0. The monoisotopic (exact) mass is 523 g/mol. The minimum Gasteiger partial charge on any atom is -0.395 e. The van der Waals surface area contributed by atoms with Crippen LogP contribution in [0.4, 0.5) is 0 Å². The Morgan fingerprint density at radius 2 is 0.622 bits per heavy atom. The summed E-state index contributed by atoms with van der Waals surface area (Å²) in [6.07, 6.45) is 34.2. The molecular formula is C34H66O3. The maximum atomic E-state index is 12.5. The van der Waals surface area contributed by atoms with E-state index < -0.39 is 5.92 Å². The second-order valence-corrected chi connectivity index (χ2v) is 11.7. The number of aliphatic hydroxyl groups is 1. The van der Waals surface area contributed by atoms with Crippen molar-refractivity contribution in [1.82, 2.24) is 0 Å². The average Bonchev–Trinajstić information content (AvgIpc) is 2.90. The van der Waals surface area contributed by atoms with E-state index in [-0.39, 0.29) is 18.2 Å². The van der Waals surface area contributed by atoms with Gasteiger partial charge in [-0.2, -0.15) is 0 Å². The van der Waals surface area contributed by atoms with E-state index in [1.165, 1.54) is 141 Å². The fourth-order valence-corrected chi connectivity index (χ4v) is 5.37. The minimum atomic E-state index is -0.769. The zero-order valence-electron chi connectivity index (χ0n) is 25.3. The van der Waals surface area contributed by atoms with Gasteiger partial charge in [-0.3, -0.25) is 9.59 Å². The van der Waals surface area contributed by atoms with Crippen LogP contribution >= 0.6 is 0 Å². The van der Waals surface area contributed by atoms with Gasteiger partial charge in [-0.15, -0.1) is 0 Å². The molecule has 0 spiro atoms. The number of Topliss-reactive ketones (excluding diaryl/α,β-unsaturated/α-hetero) is 2. The lowest BCUT2D eigenvalue weighted by molar-refractivity contribution is -0.134. The number of hydrogen-bond acceptors (Lipinski definition) is 3. The fraction of sp³-hybridized carbons (Fsp3) is 0.941. The Morgan fingerprint density at radius 1 is 0.405 bits per heavy atom. The van der Waals surface area contributed by atoms with Gasteiger partial charge < -0.3 is 5.11 Å². The molecular weight excluding hydrogens is 456 g/mol. The van der Waals surface area contributed by atoms with Crippen molar-refractivity contribution in [3.8, 4) is 0 Å². The zero-order valence-corrected chi connectivity index (χ0v) is 25.3. The van der Waals surface area contributed by atoms with Gasteiger partial charge in [0.1, 0.15) is 11.6 Å². The Kier molecular flexibility index (Phi) is 29.3. The third-order valence-electron chi connectivity index (χ3n) is 8.01.